The third-order valence-electron chi connectivity index (χ3n) is 2.88. The van der Waals surface area contributed by atoms with Crippen molar-refractivity contribution in [3.05, 3.63) is 0 Å². The molecule has 0 aliphatic carbocycles. The highest BCUT2D eigenvalue weighted by molar-refractivity contribution is 5.85. The van der Waals surface area contributed by atoms with Crippen LogP contribution in [-0.4, -0.2) is 37.6 Å². The van der Waals surface area contributed by atoms with Gasteiger partial charge >= 0.3 is 0 Å². The van der Waals surface area contributed by atoms with Crippen molar-refractivity contribution in [1.82, 2.24) is 4.90 Å². The summed E-state index contributed by atoms with van der Waals surface area (Å²) in [4.78, 5) is 13.8. The quantitative estimate of drug-likeness (QED) is 0.702. The number of nitrogens with zero attached hydrogens (tertiary/aromatic N) is 2. The molecule has 84 valence electrons. The molecule has 4 heteroatoms. The summed E-state index contributed by atoms with van der Waals surface area (Å²) in [6.45, 7) is 3.76. The van der Waals surface area contributed by atoms with E-state index in [1.807, 2.05) is 6.92 Å². The van der Waals surface area contributed by atoms with Crippen molar-refractivity contribution in [3.63, 3.8) is 0 Å². The lowest BCUT2D eigenvalue weighted by Gasteiger charge is -2.32. The molecule has 0 N–H and O–H groups in total. The van der Waals surface area contributed by atoms with Gasteiger partial charge in [-0.2, -0.15) is 5.26 Å². The van der Waals surface area contributed by atoms with Gasteiger partial charge in [0.2, 0.25) is 5.91 Å². The molecular weight excluding hydrogens is 192 g/mol. The van der Waals surface area contributed by atoms with E-state index in [0.29, 0.717) is 32.6 Å². The Hall–Kier alpha value is -1.08. The van der Waals surface area contributed by atoms with Gasteiger partial charge in [0.25, 0.3) is 0 Å². The topological polar surface area (TPSA) is 53.3 Å². The molecule has 1 saturated heterocycles. The highest BCUT2D eigenvalue weighted by Crippen LogP contribution is 2.31. The molecule has 0 aromatic rings. The lowest BCUT2D eigenvalue weighted by atomic mass is 9.80. The van der Waals surface area contributed by atoms with Crippen LogP contribution in [0.3, 0.4) is 0 Å². The zero-order valence-electron chi connectivity index (χ0n) is 9.45. The molecule has 1 fully saturated rings. The molecule has 0 spiro atoms. The number of carbonyl (C=O) groups is 1. The summed E-state index contributed by atoms with van der Waals surface area (Å²) in [5.74, 6) is -0.0462. The predicted molar refractivity (Wildman–Crippen MR) is 56.0 cm³/mol. The van der Waals surface area contributed by atoms with Gasteiger partial charge in [-0.1, -0.05) is 6.92 Å². The molecule has 0 saturated carbocycles. The zero-order valence-corrected chi connectivity index (χ0v) is 9.45. The lowest BCUT2D eigenvalue weighted by molar-refractivity contribution is -0.142. The number of ether oxygens (including phenoxy) is 1. The summed E-state index contributed by atoms with van der Waals surface area (Å²) in [5.41, 5.74) is -0.831. The first-order valence-electron chi connectivity index (χ1n) is 5.41. The minimum atomic E-state index is -0.831. The summed E-state index contributed by atoms with van der Waals surface area (Å²) < 4.78 is 5.19. The van der Waals surface area contributed by atoms with E-state index in [1.165, 1.54) is 0 Å². The molecule has 0 aromatic heterocycles. The van der Waals surface area contributed by atoms with Crippen molar-refractivity contribution in [1.29, 1.82) is 5.26 Å². The first-order valence-corrected chi connectivity index (χ1v) is 5.41. The van der Waals surface area contributed by atoms with Gasteiger partial charge in [-0.05, 0) is 19.3 Å². The minimum Gasteiger partial charge on any atom is -0.381 e. The molecule has 1 aliphatic heterocycles. The Bertz CT molecular complexity index is 264. The van der Waals surface area contributed by atoms with Crippen LogP contribution in [-0.2, 0) is 9.53 Å². The van der Waals surface area contributed by atoms with Gasteiger partial charge in [0.15, 0.2) is 0 Å². The standard InChI is InChI=1S/C11H18N2O2/c1-3-6-13(2)10(14)11(9-12)4-7-15-8-5-11/h3-8H2,1-2H3. The van der Waals surface area contributed by atoms with Crippen molar-refractivity contribution >= 4 is 5.91 Å². The number of carbonyl (C=O) groups excluding carboxylic acids is 1. The largest absolute Gasteiger partial charge is 0.381 e. The van der Waals surface area contributed by atoms with Crippen LogP contribution in [0, 0.1) is 16.7 Å². The Morgan fingerprint density at radius 3 is 2.60 bits per heavy atom. The van der Waals surface area contributed by atoms with Crippen LogP contribution < -0.4 is 0 Å². The van der Waals surface area contributed by atoms with Crippen molar-refractivity contribution < 1.29 is 9.53 Å². The van der Waals surface area contributed by atoms with E-state index >= 15 is 0 Å². The fraction of sp³-hybridized carbons (Fsp3) is 0.818. The summed E-state index contributed by atoms with van der Waals surface area (Å²) in [5, 5.41) is 9.18. The number of amides is 1. The number of hydrogen-bond acceptors (Lipinski definition) is 3. The Kier molecular flexibility index (Phi) is 4.10. The molecule has 1 aliphatic rings. The first kappa shape index (κ1) is 12.0. The second kappa shape index (κ2) is 5.13. The van der Waals surface area contributed by atoms with Gasteiger partial charge in [0.1, 0.15) is 5.41 Å². The Morgan fingerprint density at radius 1 is 1.53 bits per heavy atom. The van der Waals surface area contributed by atoms with Crippen LogP contribution in [0.15, 0.2) is 0 Å². The highest BCUT2D eigenvalue weighted by atomic mass is 16.5. The normalized spacial score (nSPS) is 19.3. The fourth-order valence-corrected chi connectivity index (χ4v) is 1.90. The van der Waals surface area contributed by atoms with Gasteiger partial charge in [0.05, 0.1) is 6.07 Å². The van der Waals surface area contributed by atoms with Crippen molar-refractivity contribution in [2.45, 2.75) is 26.2 Å². The van der Waals surface area contributed by atoms with E-state index < -0.39 is 5.41 Å². The number of rotatable bonds is 3. The van der Waals surface area contributed by atoms with Crippen LogP contribution in [0.1, 0.15) is 26.2 Å². The van der Waals surface area contributed by atoms with E-state index in [1.54, 1.807) is 11.9 Å². The van der Waals surface area contributed by atoms with E-state index in [-0.39, 0.29) is 5.91 Å². The molecule has 1 heterocycles. The minimum absolute atomic E-state index is 0.0462. The summed E-state index contributed by atoms with van der Waals surface area (Å²) in [6, 6.07) is 2.19. The fourth-order valence-electron chi connectivity index (χ4n) is 1.90. The molecule has 0 atom stereocenters. The molecule has 1 amide bonds. The van der Waals surface area contributed by atoms with Gasteiger partial charge < -0.3 is 9.64 Å². The van der Waals surface area contributed by atoms with Crippen LogP contribution >= 0.6 is 0 Å². The second-order valence-electron chi connectivity index (χ2n) is 4.03. The number of hydrogen-bond donors (Lipinski definition) is 0. The maximum atomic E-state index is 12.1. The Balaban J connectivity index is 2.73. The van der Waals surface area contributed by atoms with Gasteiger partial charge in [-0.25, -0.2) is 0 Å². The summed E-state index contributed by atoms with van der Waals surface area (Å²) in [7, 11) is 1.76. The van der Waals surface area contributed by atoms with E-state index in [0.717, 1.165) is 6.42 Å². The molecule has 0 bridgehead atoms. The highest BCUT2D eigenvalue weighted by Gasteiger charge is 2.41. The SMILES string of the molecule is CCCN(C)C(=O)C1(C#N)CCOCC1. The summed E-state index contributed by atoms with van der Waals surface area (Å²) in [6.07, 6.45) is 1.97. The van der Waals surface area contributed by atoms with Crippen molar-refractivity contribution in [3.8, 4) is 6.07 Å². The molecule has 1 rings (SSSR count). The van der Waals surface area contributed by atoms with Crippen LogP contribution in [0.5, 0.6) is 0 Å². The Morgan fingerprint density at radius 2 is 2.13 bits per heavy atom. The number of nitriles is 1. The zero-order chi connectivity index (χ0) is 11.3. The first-order chi connectivity index (χ1) is 7.16. The van der Waals surface area contributed by atoms with Gasteiger partial charge in [-0.3, -0.25) is 4.79 Å². The molecule has 4 nitrogen and oxygen atoms in total. The van der Waals surface area contributed by atoms with E-state index in [9.17, 15) is 10.1 Å². The molecule has 15 heavy (non-hydrogen) atoms. The third-order valence-corrected chi connectivity index (χ3v) is 2.88. The molecule has 0 unspecified atom stereocenters. The lowest BCUT2D eigenvalue weighted by Crippen LogP contribution is -2.44. The predicted octanol–water partition coefficient (Wildman–Crippen LogP) is 1.18. The second-order valence-corrected chi connectivity index (χ2v) is 4.03. The van der Waals surface area contributed by atoms with Gasteiger partial charge in [-0.15, -0.1) is 0 Å². The maximum Gasteiger partial charge on any atom is 0.242 e. The van der Waals surface area contributed by atoms with Crippen LogP contribution in [0.25, 0.3) is 0 Å². The summed E-state index contributed by atoms with van der Waals surface area (Å²) >= 11 is 0. The third kappa shape index (κ3) is 2.48. The van der Waals surface area contributed by atoms with E-state index in [2.05, 4.69) is 6.07 Å². The molecular formula is C11H18N2O2. The smallest absolute Gasteiger partial charge is 0.242 e. The average Bonchev–Trinajstić information content (AvgIpc) is 2.29. The molecule has 0 aromatic carbocycles. The van der Waals surface area contributed by atoms with Crippen molar-refractivity contribution in [2.75, 3.05) is 26.8 Å². The van der Waals surface area contributed by atoms with E-state index in [4.69, 9.17) is 4.74 Å². The maximum absolute atomic E-state index is 12.1. The van der Waals surface area contributed by atoms with Crippen molar-refractivity contribution in [2.24, 2.45) is 5.41 Å². The Labute approximate surface area is 90.8 Å². The molecule has 0 radical (unpaired) electrons. The van der Waals surface area contributed by atoms with Gasteiger partial charge in [0, 0.05) is 26.8 Å². The van der Waals surface area contributed by atoms with Crippen LogP contribution in [0.2, 0.25) is 0 Å². The monoisotopic (exact) mass is 210 g/mol. The van der Waals surface area contributed by atoms with Crippen LogP contribution in [0.4, 0.5) is 0 Å². The average molecular weight is 210 g/mol.